The zero-order valence-corrected chi connectivity index (χ0v) is 11.3. The van der Waals surface area contributed by atoms with Gasteiger partial charge in [0.25, 0.3) is 0 Å². The van der Waals surface area contributed by atoms with Gasteiger partial charge >= 0.3 is 0 Å². The van der Waals surface area contributed by atoms with Gasteiger partial charge in [-0.15, -0.1) is 6.58 Å². The van der Waals surface area contributed by atoms with E-state index in [-0.39, 0.29) is 17.6 Å². The lowest BCUT2D eigenvalue weighted by Crippen LogP contribution is -2.24. The number of benzene rings is 1. The summed E-state index contributed by atoms with van der Waals surface area (Å²) in [5, 5.41) is 3.87. The maximum atomic E-state index is 13.2. The Balaban J connectivity index is 1.80. The predicted octanol–water partition coefficient (Wildman–Crippen LogP) is 2.38. The first-order chi connectivity index (χ1) is 10.2. The summed E-state index contributed by atoms with van der Waals surface area (Å²) in [7, 11) is 0. The zero-order valence-electron chi connectivity index (χ0n) is 11.3. The first-order valence-electron chi connectivity index (χ1n) is 6.65. The monoisotopic (exact) mass is 287 g/mol. The number of carbonyl (C=O) groups is 1. The molecule has 1 amide bonds. The molecule has 1 fully saturated rings. The standard InChI is InChI=1S/C15H14FN3O2/c1-2-6-19-9-11(8-13(19)20)15-17-14(18-21-15)10-4-3-5-12(16)7-10/h2-5,7,11H,1,6,8-9H2/t11-/m1/s1. The third kappa shape index (κ3) is 2.69. The van der Waals surface area contributed by atoms with Crippen molar-refractivity contribution >= 4 is 5.91 Å². The molecule has 6 heteroatoms. The van der Waals surface area contributed by atoms with Crippen molar-refractivity contribution in [1.29, 1.82) is 0 Å². The molecule has 1 aromatic heterocycles. The number of hydrogen-bond donors (Lipinski definition) is 0. The Morgan fingerprint density at radius 3 is 3.14 bits per heavy atom. The molecule has 0 saturated carbocycles. The van der Waals surface area contributed by atoms with Crippen LogP contribution in [0.4, 0.5) is 4.39 Å². The topological polar surface area (TPSA) is 59.2 Å². The van der Waals surface area contributed by atoms with Crippen LogP contribution in [-0.2, 0) is 4.79 Å². The van der Waals surface area contributed by atoms with Crippen molar-refractivity contribution < 1.29 is 13.7 Å². The van der Waals surface area contributed by atoms with Gasteiger partial charge in [-0.05, 0) is 12.1 Å². The Labute approximate surface area is 121 Å². The third-order valence-electron chi connectivity index (χ3n) is 3.44. The van der Waals surface area contributed by atoms with Gasteiger partial charge in [-0.1, -0.05) is 23.4 Å². The number of aromatic nitrogens is 2. The van der Waals surface area contributed by atoms with Crippen molar-refractivity contribution in [2.45, 2.75) is 12.3 Å². The predicted molar refractivity (Wildman–Crippen MR) is 73.8 cm³/mol. The molecular weight excluding hydrogens is 273 g/mol. The van der Waals surface area contributed by atoms with Gasteiger partial charge in [-0.2, -0.15) is 4.98 Å². The SMILES string of the molecule is C=CCN1C[C@H](c2nc(-c3cccc(F)c3)no2)CC1=O. The number of carbonyl (C=O) groups excluding carboxylic acids is 1. The van der Waals surface area contributed by atoms with E-state index >= 15 is 0 Å². The molecule has 1 aliphatic rings. The van der Waals surface area contributed by atoms with E-state index in [4.69, 9.17) is 4.52 Å². The number of halogens is 1. The Morgan fingerprint density at radius 1 is 1.52 bits per heavy atom. The Kier molecular flexibility index (Phi) is 3.51. The Hall–Kier alpha value is -2.50. The lowest BCUT2D eigenvalue weighted by atomic mass is 10.1. The highest BCUT2D eigenvalue weighted by atomic mass is 19.1. The molecule has 0 radical (unpaired) electrons. The average molecular weight is 287 g/mol. The number of likely N-dealkylation sites (tertiary alicyclic amines) is 1. The van der Waals surface area contributed by atoms with E-state index in [9.17, 15) is 9.18 Å². The van der Waals surface area contributed by atoms with Crippen LogP contribution in [0.5, 0.6) is 0 Å². The van der Waals surface area contributed by atoms with Crippen molar-refractivity contribution in [1.82, 2.24) is 15.0 Å². The van der Waals surface area contributed by atoms with E-state index in [1.165, 1.54) is 12.1 Å². The van der Waals surface area contributed by atoms with Gasteiger partial charge in [0.1, 0.15) is 5.82 Å². The number of amides is 1. The summed E-state index contributed by atoms with van der Waals surface area (Å²) in [6.07, 6.45) is 2.03. The summed E-state index contributed by atoms with van der Waals surface area (Å²) in [6.45, 7) is 4.68. The molecule has 2 heterocycles. The molecule has 21 heavy (non-hydrogen) atoms. The average Bonchev–Trinajstić information content (AvgIpc) is 3.07. The first kappa shape index (κ1) is 13.5. The quantitative estimate of drug-likeness (QED) is 0.810. The highest BCUT2D eigenvalue weighted by Crippen LogP contribution is 2.28. The largest absolute Gasteiger partial charge is 0.339 e. The van der Waals surface area contributed by atoms with E-state index in [1.54, 1.807) is 23.1 Å². The highest BCUT2D eigenvalue weighted by Gasteiger charge is 2.33. The number of rotatable bonds is 4. The van der Waals surface area contributed by atoms with E-state index < -0.39 is 0 Å². The second-order valence-corrected chi connectivity index (χ2v) is 4.96. The minimum atomic E-state index is -0.355. The fourth-order valence-corrected chi connectivity index (χ4v) is 2.42. The van der Waals surface area contributed by atoms with Crippen LogP contribution in [0.1, 0.15) is 18.2 Å². The lowest BCUT2D eigenvalue weighted by Gasteiger charge is -2.12. The second-order valence-electron chi connectivity index (χ2n) is 4.96. The molecule has 0 aliphatic carbocycles. The van der Waals surface area contributed by atoms with Gasteiger partial charge in [-0.3, -0.25) is 4.79 Å². The van der Waals surface area contributed by atoms with E-state index in [2.05, 4.69) is 16.7 Å². The van der Waals surface area contributed by atoms with E-state index in [0.717, 1.165) is 0 Å². The molecule has 1 saturated heterocycles. The maximum Gasteiger partial charge on any atom is 0.232 e. The molecule has 1 aliphatic heterocycles. The summed E-state index contributed by atoms with van der Waals surface area (Å²) in [5.41, 5.74) is 0.553. The maximum absolute atomic E-state index is 13.2. The van der Waals surface area contributed by atoms with Gasteiger partial charge in [0, 0.05) is 25.1 Å². The number of hydrogen-bond acceptors (Lipinski definition) is 4. The van der Waals surface area contributed by atoms with E-state index in [0.29, 0.717) is 36.8 Å². The summed E-state index contributed by atoms with van der Waals surface area (Å²) in [6, 6.07) is 6.00. The molecule has 1 aromatic carbocycles. The van der Waals surface area contributed by atoms with Crippen LogP contribution in [0.3, 0.4) is 0 Å². The highest BCUT2D eigenvalue weighted by molar-refractivity contribution is 5.79. The Bertz CT molecular complexity index is 683. The van der Waals surface area contributed by atoms with Crippen LogP contribution in [0.2, 0.25) is 0 Å². The third-order valence-corrected chi connectivity index (χ3v) is 3.44. The smallest absolute Gasteiger partial charge is 0.232 e. The fraction of sp³-hybridized carbons (Fsp3) is 0.267. The molecule has 108 valence electrons. The van der Waals surface area contributed by atoms with Crippen molar-refractivity contribution in [2.24, 2.45) is 0 Å². The van der Waals surface area contributed by atoms with Gasteiger partial charge in [0.2, 0.25) is 17.6 Å². The van der Waals surface area contributed by atoms with Crippen LogP contribution in [0.15, 0.2) is 41.4 Å². The van der Waals surface area contributed by atoms with Crippen LogP contribution < -0.4 is 0 Å². The summed E-state index contributed by atoms with van der Waals surface area (Å²) >= 11 is 0. The summed E-state index contributed by atoms with van der Waals surface area (Å²) in [5.74, 6) is 0.318. The molecule has 0 unspecified atom stereocenters. The van der Waals surface area contributed by atoms with Gasteiger partial charge in [-0.25, -0.2) is 4.39 Å². The molecule has 0 N–H and O–H groups in total. The Morgan fingerprint density at radius 2 is 2.38 bits per heavy atom. The van der Waals surface area contributed by atoms with Crippen molar-refractivity contribution in [3.63, 3.8) is 0 Å². The van der Waals surface area contributed by atoms with Gasteiger partial charge in [0.05, 0.1) is 5.92 Å². The number of nitrogens with zero attached hydrogens (tertiary/aromatic N) is 3. The molecule has 2 aromatic rings. The van der Waals surface area contributed by atoms with Crippen LogP contribution in [-0.4, -0.2) is 34.0 Å². The first-order valence-corrected chi connectivity index (χ1v) is 6.65. The van der Waals surface area contributed by atoms with Gasteiger partial charge in [0.15, 0.2) is 0 Å². The molecule has 5 nitrogen and oxygen atoms in total. The second kappa shape index (κ2) is 5.47. The van der Waals surface area contributed by atoms with Crippen LogP contribution in [0.25, 0.3) is 11.4 Å². The molecule has 3 rings (SSSR count). The zero-order chi connectivity index (χ0) is 14.8. The van der Waals surface area contributed by atoms with Crippen molar-refractivity contribution in [3.8, 4) is 11.4 Å². The normalized spacial score (nSPS) is 18.2. The minimum absolute atomic E-state index is 0.0467. The van der Waals surface area contributed by atoms with Crippen LogP contribution in [0, 0.1) is 5.82 Å². The van der Waals surface area contributed by atoms with Crippen molar-refractivity contribution in [3.05, 3.63) is 48.6 Å². The summed E-state index contributed by atoms with van der Waals surface area (Å²) < 4.78 is 18.4. The molecular formula is C15H14FN3O2. The van der Waals surface area contributed by atoms with Gasteiger partial charge < -0.3 is 9.42 Å². The molecule has 1 atom stereocenters. The molecule has 0 bridgehead atoms. The summed E-state index contributed by atoms with van der Waals surface area (Å²) in [4.78, 5) is 17.8. The fourth-order valence-electron chi connectivity index (χ4n) is 2.42. The van der Waals surface area contributed by atoms with Crippen molar-refractivity contribution in [2.75, 3.05) is 13.1 Å². The van der Waals surface area contributed by atoms with E-state index in [1.807, 2.05) is 0 Å². The lowest BCUT2D eigenvalue weighted by molar-refractivity contribution is -0.127. The minimum Gasteiger partial charge on any atom is -0.339 e. The van der Waals surface area contributed by atoms with Crippen LogP contribution >= 0.6 is 0 Å². The molecule has 0 spiro atoms.